The Morgan fingerprint density at radius 1 is 1.91 bits per heavy atom. The van der Waals surface area contributed by atoms with Crippen molar-refractivity contribution in [2.24, 2.45) is 5.84 Å². The number of nitrogens with one attached hydrogen (secondary N) is 1. The van der Waals surface area contributed by atoms with Crippen molar-refractivity contribution in [1.29, 1.82) is 0 Å². The molecular weight excluding hydrogens is 142 g/mol. The third-order valence-electron chi connectivity index (χ3n) is 0.950. The molecule has 0 aliphatic rings. The van der Waals surface area contributed by atoms with Crippen LogP contribution in [0.3, 0.4) is 0 Å². The van der Waals surface area contributed by atoms with Crippen LogP contribution in [0.5, 0.6) is 0 Å². The van der Waals surface area contributed by atoms with Crippen molar-refractivity contribution in [3.05, 3.63) is 29.5 Å². The van der Waals surface area contributed by atoms with Crippen molar-refractivity contribution in [3.63, 3.8) is 0 Å². The van der Waals surface area contributed by atoms with Crippen molar-refractivity contribution in [2.75, 3.05) is 0 Å². The normalized spacial score (nSPS) is 16.0. The molecule has 1 rings (SSSR count). The Kier molecular flexibility index (Phi) is 0.939. The van der Waals surface area contributed by atoms with Gasteiger partial charge >= 0.3 is 0 Å². The largest absolute Gasteiger partial charge is 0.289 e. The van der Waals surface area contributed by atoms with Crippen LogP contribution >= 0.6 is 0 Å². The third-order valence-corrected chi connectivity index (χ3v) is 0.950. The maximum atomic E-state index is 11.2. The summed E-state index contributed by atoms with van der Waals surface area (Å²) in [4.78, 5) is 14.7. The Morgan fingerprint density at radius 2 is 2.73 bits per heavy atom. The van der Waals surface area contributed by atoms with Crippen LogP contribution in [0.15, 0.2) is 18.1 Å². The summed E-state index contributed by atoms with van der Waals surface area (Å²) in [5, 5.41) is 0. The minimum Gasteiger partial charge on any atom is -0.289 e. The molecule has 4 nitrogen and oxygen atoms in total. The Bertz CT molecular complexity index is 437. The number of aromatic nitrogens is 1. The zero-order valence-corrected chi connectivity index (χ0v) is 5.51. The van der Waals surface area contributed by atoms with E-state index >= 15 is 0 Å². The highest BCUT2D eigenvalue weighted by Gasteiger charge is 2.02. The number of nitrogen functional groups attached to an aromatic ring is 1. The fourth-order valence-electron chi connectivity index (χ4n) is 0.507. The zero-order chi connectivity index (χ0) is 12.5. The van der Waals surface area contributed by atoms with Crippen molar-refractivity contribution in [2.45, 2.75) is 6.88 Å². The SMILES string of the molecule is [3H]c1c(C(=O)NN)nc(C([3H])[3H])c([3H])c1[3H]. The third kappa shape index (κ3) is 1.75. The molecule has 3 N–H and O–H groups in total. The van der Waals surface area contributed by atoms with E-state index in [9.17, 15) is 4.79 Å². The Hall–Kier alpha value is -1.42. The van der Waals surface area contributed by atoms with Gasteiger partial charge in [-0.3, -0.25) is 10.2 Å². The van der Waals surface area contributed by atoms with E-state index in [2.05, 4.69) is 4.98 Å². The Morgan fingerprint density at radius 3 is 3.36 bits per heavy atom. The Labute approximate surface area is 71.4 Å². The lowest BCUT2D eigenvalue weighted by molar-refractivity contribution is 0.0948. The van der Waals surface area contributed by atoms with Crippen LogP contribution in [0.4, 0.5) is 0 Å². The molecule has 0 atom stereocenters. The molecule has 0 aliphatic heterocycles. The van der Waals surface area contributed by atoms with E-state index in [-0.39, 0.29) is 5.69 Å². The van der Waals surface area contributed by atoms with Gasteiger partial charge in [-0.15, -0.1) is 0 Å². The molecule has 1 aromatic heterocycles. The molecule has 0 spiro atoms. The van der Waals surface area contributed by atoms with E-state index in [0.29, 0.717) is 0 Å². The average Bonchev–Trinajstić information content (AvgIpc) is 2.25. The molecule has 0 fully saturated rings. The Balaban J connectivity index is 3.47. The van der Waals surface area contributed by atoms with Gasteiger partial charge in [0.2, 0.25) is 0 Å². The van der Waals surface area contributed by atoms with Gasteiger partial charge in [0.05, 0.1) is 4.11 Å². The van der Waals surface area contributed by atoms with Crippen LogP contribution in [0.25, 0.3) is 0 Å². The first-order valence-electron chi connectivity index (χ1n) is 5.38. The van der Waals surface area contributed by atoms with Gasteiger partial charge in [0.1, 0.15) is 5.69 Å². The van der Waals surface area contributed by atoms with E-state index in [1.54, 1.807) is 5.43 Å². The quantitative estimate of drug-likeness (QED) is 0.346. The minimum atomic E-state index is -1.60. The summed E-state index contributed by atoms with van der Waals surface area (Å²) in [5.41, 5.74) is 0.943. The van der Waals surface area contributed by atoms with Gasteiger partial charge < -0.3 is 0 Å². The molecule has 1 heterocycles. The van der Waals surface area contributed by atoms with E-state index in [0.717, 1.165) is 0 Å². The summed E-state index contributed by atoms with van der Waals surface area (Å²) in [7, 11) is 0. The molecule has 1 aromatic rings. The molecule has 58 valence electrons. The highest BCUT2D eigenvalue weighted by Crippen LogP contribution is 1.96. The number of carbonyl (C=O) groups is 1. The molecule has 0 saturated carbocycles. The van der Waals surface area contributed by atoms with E-state index in [1.165, 1.54) is 0 Å². The number of hydrogen-bond acceptors (Lipinski definition) is 3. The molecule has 1 amide bonds. The molecular formula is C7H9N3O. The number of nitrogens with two attached hydrogens (primary N) is 1. The van der Waals surface area contributed by atoms with Gasteiger partial charge in [-0.25, -0.2) is 10.8 Å². The van der Waals surface area contributed by atoms with Crippen molar-refractivity contribution in [1.82, 2.24) is 10.4 Å². The van der Waals surface area contributed by atoms with Gasteiger partial charge in [-0.1, -0.05) is 6.04 Å². The van der Waals surface area contributed by atoms with Crippen molar-refractivity contribution >= 4 is 5.91 Å². The number of nitrogens with zero attached hydrogens (tertiary/aromatic N) is 1. The maximum Gasteiger partial charge on any atom is 0.283 e. The van der Waals surface area contributed by atoms with Gasteiger partial charge in [-0.05, 0) is 19.0 Å². The lowest BCUT2D eigenvalue weighted by atomic mass is 10.3. The summed E-state index contributed by atoms with van der Waals surface area (Å²) in [5.74, 6) is 3.97. The maximum absolute atomic E-state index is 11.2. The monoisotopic (exact) mass is 161 g/mol. The van der Waals surface area contributed by atoms with E-state index in [4.69, 9.17) is 12.7 Å². The molecule has 4 heteroatoms. The first kappa shape index (κ1) is 3.32. The molecule has 0 bridgehead atoms. The summed E-state index contributed by atoms with van der Waals surface area (Å²) < 4.78 is 36.4. The smallest absolute Gasteiger partial charge is 0.283 e. The lowest BCUT2D eigenvalue weighted by Crippen LogP contribution is -2.30. The second-order valence-electron chi connectivity index (χ2n) is 1.69. The lowest BCUT2D eigenvalue weighted by Gasteiger charge is -1.98. The first-order valence-corrected chi connectivity index (χ1v) is 2.73. The van der Waals surface area contributed by atoms with E-state index < -0.39 is 36.6 Å². The standard InChI is InChI=1S/C7H9N3O/c1-5-3-2-4-6(9-5)7(11)10-8/h2-4H,8H2,1H3,(H,10,11)/i1T2,2T,3T,4T. The number of hydrogen-bond donors (Lipinski definition) is 2. The fraction of sp³-hybridized carbons (Fsp3) is 0.143. The average molecular weight is 161 g/mol. The molecule has 0 saturated heterocycles. The van der Waals surface area contributed by atoms with Gasteiger partial charge in [0.25, 0.3) is 5.91 Å². The van der Waals surface area contributed by atoms with Gasteiger partial charge in [-0.2, -0.15) is 0 Å². The van der Waals surface area contributed by atoms with Crippen LogP contribution in [-0.2, 0) is 0 Å². The topological polar surface area (TPSA) is 68.0 Å². The number of hydrazine groups is 1. The van der Waals surface area contributed by atoms with E-state index in [1.807, 2.05) is 0 Å². The van der Waals surface area contributed by atoms with Crippen LogP contribution in [0, 0.1) is 6.88 Å². The second-order valence-corrected chi connectivity index (χ2v) is 1.69. The highest BCUT2D eigenvalue weighted by atomic mass is 16.2. The number of amides is 1. The van der Waals surface area contributed by atoms with Gasteiger partial charge in [0, 0.05) is 8.44 Å². The van der Waals surface area contributed by atoms with Crippen LogP contribution in [-0.4, -0.2) is 10.9 Å². The number of rotatable bonds is 1. The van der Waals surface area contributed by atoms with Crippen molar-refractivity contribution in [3.8, 4) is 0 Å². The summed E-state index contributed by atoms with van der Waals surface area (Å²) in [6, 6.07) is -1.58. The predicted octanol–water partition coefficient (Wildman–Crippen LogP) is -0.00648. The summed E-state index contributed by atoms with van der Waals surface area (Å²) in [6.07, 6.45) is 0. The molecule has 0 radical (unpaired) electrons. The number of carbonyl (C=O) groups excluding carboxylic acids is 1. The van der Waals surface area contributed by atoms with Crippen LogP contribution in [0.1, 0.15) is 23.0 Å². The number of pyridine rings is 1. The minimum absolute atomic E-state index is 0.348. The second kappa shape index (κ2) is 3.12. The molecule has 0 aliphatic carbocycles. The summed E-state index contributed by atoms with van der Waals surface area (Å²) in [6.45, 7) is -1.60. The first-order chi connectivity index (χ1) is 7.40. The number of aryl methyl sites for hydroxylation is 1. The molecule has 0 aromatic carbocycles. The molecule has 11 heavy (non-hydrogen) atoms. The highest BCUT2D eigenvalue weighted by molar-refractivity contribution is 5.91. The van der Waals surface area contributed by atoms with Crippen LogP contribution in [0.2, 0.25) is 0 Å². The summed E-state index contributed by atoms with van der Waals surface area (Å²) >= 11 is 0. The van der Waals surface area contributed by atoms with Crippen molar-refractivity contribution < 1.29 is 11.6 Å². The predicted molar refractivity (Wildman–Crippen MR) is 40.6 cm³/mol. The zero-order valence-electron chi connectivity index (χ0n) is 10.5. The molecule has 0 unspecified atom stereocenters. The fourth-order valence-corrected chi connectivity index (χ4v) is 0.507. The van der Waals surface area contributed by atoms with Crippen LogP contribution < -0.4 is 11.3 Å². The van der Waals surface area contributed by atoms with Gasteiger partial charge in [0.15, 0.2) is 0 Å².